The predicted octanol–water partition coefficient (Wildman–Crippen LogP) is 4.43. The van der Waals surface area contributed by atoms with E-state index in [2.05, 4.69) is 10.5 Å². The standard InChI is InChI=1S/C21H19ClN2O4/c1-26-14-5-8-19(27-2)16(10-14)20-11-18(24-28-20)21(25)23-17-7-3-12-9-13(22)4-6-15(12)17/h4-6,8-11,17H,3,7H2,1-2H3,(H,23,25). The van der Waals surface area contributed by atoms with Crippen LogP contribution in [0.4, 0.5) is 0 Å². The van der Waals surface area contributed by atoms with E-state index in [0.29, 0.717) is 27.8 Å². The van der Waals surface area contributed by atoms with E-state index >= 15 is 0 Å². The number of methoxy groups -OCH3 is 2. The van der Waals surface area contributed by atoms with Gasteiger partial charge in [-0.3, -0.25) is 4.79 Å². The van der Waals surface area contributed by atoms with Crippen LogP contribution in [0.2, 0.25) is 5.02 Å². The first-order valence-electron chi connectivity index (χ1n) is 8.87. The highest BCUT2D eigenvalue weighted by Gasteiger charge is 2.26. The Labute approximate surface area is 167 Å². The van der Waals surface area contributed by atoms with Gasteiger partial charge in [0.1, 0.15) is 11.5 Å². The fraction of sp³-hybridized carbons (Fsp3) is 0.238. The molecule has 1 N–H and O–H groups in total. The van der Waals surface area contributed by atoms with Crippen LogP contribution in [0.15, 0.2) is 47.0 Å². The van der Waals surface area contributed by atoms with Gasteiger partial charge in [0.05, 0.1) is 25.8 Å². The van der Waals surface area contributed by atoms with Crippen LogP contribution in [0.3, 0.4) is 0 Å². The Morgan fingerprint density at radius 2 is 2.04 bits per heavy atom. The van der Waals surface area contributed by atoms with Crippen molar-refractivity contribution in [2.24, 2.45) is 0 Å². The number of carbonyl (C=O) groups is 1. The van der Waals surface area contributed by atoms with Gasteiger partial charge in [-0.2, -0.15) is 0 Å². The first-order valence-corrected chi connectivity index (χ1v) is 9.25. The zero-order valence-electron chi connectivity index (χ0n) is 15.5. The lowest BCUT2D eigenvalue weighted by atomic mass is 10.1. The van der Waals surface area contributed by atoms with Gasteiger partial charge in [-0.25, -0.2) is 0 Å². The molecule has 3 aromatic rings. The van der Waals surface area contributed by atoms with E-state index in [1.54, 1.807) is 38.5 Å². The van der Waals surface area contributed by atoms with Crippen LogP contribution in [0.1, 0.15) is 34.1 Å². The number of fused-ring (bicyclic) bond motifs is 1. The van der Waals surface area contributed by atoms with Gasteiger partial charge >= 0.3 is 0 Å². The number of ether oxygens (including phenoxy) is 2. The van der Waals surface area contributed by atoms with E-state index in [0.717, 1.165) is 18.4 Å². The SMILES string of the molecule is COc1ccc(OC)c(-c2cc(C(=O)NC3CCc4cc(Cl)ccc43)no2)c1. The van der Waals surface area contributed by atoms with E-state index in [-0.39, 0.29) is 17.6 Å². The molecule has 2 aromatic carbocycles. The zero-order chi connectivity index (χ0) is 19.7. The molecule has 1 amide bonds. The van der Waals surface area contributed by atoms with Crippen molar-refractivity contribution in [1.29, 1.82) is 0 Å². The molecule has 1 unspecified atom stereocenters. The fourth-order valence-corrected chi connectivity index (χ4v) is 3.68. The third kappa shape index (κ3) is 3.43. The molecule has 4 rings (SSSR count). The van der Waals surface area contributed by atoms with Crippen LogP contribution in [0.5, 0.6) is 11.5 Å². The van der Waals surface area contributed by atoms with Crippen molar-refractivity contribution in [3.05, 3.63) is 64.3 Å². The number of amides is 1. The molecule has 0 saturated heterocycles. The van der Waals surface area contributed by atoms with Crippen molar-refractivity contribution in [3.8, 4) is 22.8 Å². The van der Waals surface area contributed by atoms with Crippen molar-refractivity contribution >= 4 is 17.5 Å². The minimum absolute atomic E-state index is 0.0636. The third-order valence-corrected chi connectivity index (χ3v) is 5.14. The van der Waals surface area contributed by atoms with Gasteiger partial charge in [-0.05, 0) is 54.3 Å². The summed E-state index contributed by atoms with van der Waals surface area (Å²) in [5.74, 6) is 1.40. The lowest BCUT2D eigenvalue weighted by molar-refractivity contribution is 0.0927. The number of nitrogens with zero attached hydrogens (tertiary/aromatic N) is 1. The molecule has 0 radical (unpaired) electrons. The topological polar surface area (TPSA) is 73.6 Å². The largest absolute Gasteiger partial charge is 0.497 e. The quantitative estimate of drug-likeness (QED) is 0.688. The zero-order valence-corrected chi connectivity index (χ0v) is 16.2. The molecular formula is C21H19ClN2O4. The Hall–Kier alpha value is -2.99. The maximum atomic E-state index is 12.7. The Morgan fingerprint density at radius 3 is 2.82 bits per heavy atom. The van der Waals surface area contributed by atoms with Crippen molar-refractivity contribution in [3.63, 3.8) is 0 Å². The Bertz CT molecular complexity index is 1030. The molecule has 144 valence electrons. The summed E-state index contributed by atoms with van der Waals surface area (Å²) >= 11 is 6.05. The Kier molecular flexibility index (Phi) is 4.96. The second-order valence-electron chi connectivity index (χ2n) is 6.55. The molecule has 0 bridgehead atoms. The first-order chi connectivity index (χ1) is 13.6. The van der Waals surface area contributed by atoms with Crippen molar-refractivity contribution in [1.82, 2.24) is 10.5 Å². The van der Waals surface area contributed by atoms with Crippen LogP contribution in [-0.4, -0.2) is 25.3 Å². The number of hydrogen-bond acceptors (Lipinski definition) is 5. The summed E-state index contributed by atoms with van der Waals surface area (Å²) in [6.45, 7) is 0. The number of nitrogens with one attached hydrogen (secondary N) is 1. The van der Waals surface area contributed by atoms with Crippen LogP contribution < -0.4 is 14.8 Å². The van der Waals surface area contributed by atoms with Crippen molar-refractivity contribution in [2.75, 3.05) is 14.2 Å². The first kappa shape index (κ1) is 18.4. The highest BCUT2D eigenvalue weighted by molar-refractivity contribution is 6.30. The molecule has 7 heteroatoms. The Morgan fingerprint density at radius 1 is 1.18 bits per heavy atom. The molecule has 0 fully saturated rings. The molecule has 1 aliphatic rings. The summed E-state index contributed by atoms with van der Waals surface area (Å²) < 4.78 is 16.0. The molecule has 1 aliphatic carbocycles. The molecule has 0 spiro atoms. The summed E-state index contributed by atoms with van der Waals surface area (Å²) in [4.78, 5) is 12.7. The smallest absolute Gasteiger partial charge is 0.273 e. The lowest BCUT2D eigenvalue weighted by Gasteiger charge is -2.12. The van der Waals surface area contributed by atoms with Crippen molar-refractivity contribution < 1.29 is 18.8 Å². The molecule has 0 saturated carbocycles. The molecule has 0 aliphatic heterocycles. The van der Waals surface area contributed by atoms with E-state index in [1.165, 1.54) is 5.56 Å². The summed E-state index contributed by atoms with van der Waals surface area (Å²) in [5, 5.41) is 7.66. The minimum Gasteiger partial charge on any atom is -0.497 e. The average molecular weight is 399 g/mol. The molecule has 28 heavy (non-hydrogen) atoms. The third-order valence-electron chi connectivity index (χ3n) is 4.90. The normalized spacial score (nSPS) is 15.2. The van der Waals surface area contributed by atoms with Crippen LogP contribution in [0.25, 0.3) is 11.3 Å². The lowest BCUT2D eigenvalue weighted by Crippen LogP contribution is -2.27. The monoisotopic (exact) mass is 398 g/mol. The van der Waals surface area contributed by atoms with Gasteiger partial charge in [0.2, 0.25) is 0 Å². The van der Waals surface area contributed by atoms with E-state index in [4.69, 9.17) is 25.6 Å². The number of rotatable bonds is 5. The van der Waals surface area contributed by atoms with E-state index in [1.807, 2.05) is 18.2 Å². The van der Waals surface area contributed by atoms with Gasteiger partial charge in [-0.15, -0.1) is 0 Å². The summed E-state index contributed by atoms with van der Waals surface area (Å²) in [7, 11) is 3.15. The van der Waals surface area contributed by atoms with Crippen LogP contribution in [-0.2, 0) is 6.42 Å². The van der Waals surface area contributed by atoms with Crippen molar-refractivity contribution in [2.45, 2.75) is 18.9 Å². The second-order valence-corrected chi connectivity index (χ2v) is 6.99. The number of halogens is 1. The highest BCUT2D eigenvalue weighted by atomic mass is 35.5. The van der Waals surface area contributed by atoms with Gasteiger partial charge in [0, 0.05) is 11.1 Å². The maximum Gasteiger partial charge on any atom is 0.273 e. The van der Waals surface area contributed by atoms with E-state index in [9.17, 15) is 4.79 Å². The van der Waals surface area contributed by atoms with Gasteiger partial charge < -0.3 is 19.3 Å². The number of aromatic nitrogens is 1. The molecule has 6 nitrogen and oxygen atoms in total. The number of aryl methyl sites for hydroxylation is 1. The van der Waals surface area contributed by atoms with Gasteiger partial charge in [0.25, 0.3) is 5.91 Å². The van der Waals surface area contributed by atoms with Crippen LogP contribution in [0, 0.1) is 0 Å². The molecule has 1 aromatic heterocycles. The fourth-order valence-electron chi connectivity index (χ4n) is 3.48. The van der Waals surface area contributed by atoms with Gasteiger partial charge in [0.15, 0.2) is 11.5 Å². The summed E-state index contributed by atoms with van der Waals surface area (Å²) in [5.41, 5.74) is 3.13. The summed E-state index contributed by atoms with van der Waals surface area (Å²) in [6, 6.07) is 12.6. The molecular weight excluding hydrogens is 380 g/mol. The second kappa shape index (κ2) is 7.56. The van der Waals surface area contributed by atoms with Crippen LogP contribution >= 0.6 is 11.6 Å². The maximum absolute atomic E-state index is 12.7. The number of carbonyl (C=O) groups excluding carboxylic acids is 1. The highest BCUT2D eigenvalue weighted by Crippen LogP contribution is 2.35. The van der Waals surface area contributed by atoms with Gasteiger partial charge in [-0.1, -0.05) is 22.8 Å². The predicted molar refractivity (Wildman–Crippen MR) is 105 cm³/mol. The minimum atomic E-state index is -0.287. The molecule has 1 atom stereocenters. The Balaban J connectivity index is 1.55. The van der Waals surface area contributed by atoms with E-state index < -0.39 is 0 Å². The molecule has 1 heterocycles. The average Bonchev–Trinajstić information content (AvgIpc) is 3.35. The number of hydrogen-bond donors (Lipinski definition) is 1. The number of benzene rings is 2. The summed E-state index contributed by atoms with van der Waals surface area (Å²) in [6.07, 6.45) is 1.71.